The molecular formula is C14H16BrN3O2. The highest BCUT2D eigenvalue weighted by atomic mass is 79.9. The van der Waals surface area contributed by atoms with Crippen LogP contribution in [-0.2, 0) is 11.3 Å². The van der Waals surface area contributed by atoms with Gasteiger partial charge in [0.2, 0.25) is 5.88 Å². The Kier molecular flexibility index (Phi) is 5.91. The summed E-state index contributed by atoms with van der Waals surface area (Å²) in [6, 6.07) is 5.66. The highest BCUT2D eigenvalue weighted by Crippen LogP contribution is 2.21. The van der Waals surface area contributed by atoms with Crippen molar-refractivity contribution < 1.29 is 9.47 Å². The number of pyridine rings is 2. The lowest BCUT2D eigenvalue weighted by molar-refractivity contribution is 0.199. The van der Waals surface area contributed by atoms with E-state index in [4.69, 9.17) is 9.47 Å². The molecule has 2 heterocycles. The molecule has 0 atom stereocenters. The van der Waals surface area contributed by atoms with Gasteiger partial charge in [-0.3, -0.25) is 4.98 Å². The summed E-state index contributed by atoms with van der Waals surface area (Å²) in [6.07, 6.45) is 5.14. The summed E-state index contributed by atoms with van der Waals surface area (Å²) < 4.78 is 11.4. The van der Waals surface area contributed by atoms with E-state index in [1.807, 2.05) is 18.2 Å². The minimum atomic E-state index is 0.547. The predicted molar refractivity (Wildman–Crippen MR) is 79.8 cm³/mol. The molecule has 0 radical (unpaired) electrons. The van der Waals surface area contributed by atoms with Gasteiger partial charge in [-0.25, -0.2) is 4.98 Å². The van der Waals surface area contributed by atoms with E-state index in [1.54, 1.807) is 25.7 Å². The topological polar surface area (TPSA) is 56.3 Å². The molecule has 0 aliphatic heterocycles. The molecule has 6 heteroatoms. The van der Waals surface area contributed by atoms with Gasteiger partial charge in [0.25, 0.3) is 0 Å². The average Bonchev–Trinajstić information content (AvgIpc) is 2.45. The number of methoxy groups -OCH3 is 1. The van der Waals surface area contributed by atoms with Crippen LogP contribution in [0.25, 0.3) is 0 Å². The molecule has 0 fully saturated rings. The van der Waals surface area contributed by atoms with Crippen molar-refractivity contribution in [2.45, 2.75) is 6.54 Å². The first-order valence-electron chi connectivity index (χ1n) is 6.21. The molecule has 0 saturated heterocycles. The van der Waals surface area contributed by atoms with Crippen LogP contribution in [0.1, 0.15) is 5.56 Å². The van der Waals surface area contributed by atoms with Gasteiger partial charge in [-0.1, -0.05) is 6.07 Å². The summed E-state index contributed by atoms with van der Waals surface area (Å²) >= 11 is 3.35. The maximum atomic E-state index is 5.61. The first kappa shape index (κ1) is 14.9. The molecule has 20 heavy (non-hydrogen) atoms. The van der Waals surface area contributed by atoms with Gasteiger partial charge in [0, 0.05) is 43.1 Å². The monoisotopic (exact) mass is 337 g/mol. The smallest absolute Gasteiger partial charge is 0.219 e. The number of aromatic nitrogens is 2. The van der Waals surface area contributed by atoms with Gasteiger partial charge >= 0.3 is 0 Å². The van der Waals surface area contributed by atoms with Crippen molar-refractivity contribution in [1.29, 1.82) is 0 Å². The average molecular weight is 338 g/mol. The minimum absolute atomic E-state index is 0.547. The van der Waals surface area contributed by atoms with Crippen LogP contribution in [-0.4, -0.2) is 30.2 Å². The summed E-state index contributed by atoms with van der Waals surface area (Å²) in [6.45, 7) is 2.28. The predicted octanol–water partition coefficient (Wildman–Crippen LogP) is 2.77. The Balaban J connectivity index is 1.88. The van der Waals surface area contributed by atoms with Gasteiger partial charge in [0.05, 0.1) is 12.8 Å². The number of nitrogens with one attached hydrogen (secondary N) is 1. The minimum Gasteiger partial charge on any atom is -0.437 e. The third kappa shape index (κ3) is 4.88. The van der Waals surface area contributed by atoms with E-state index in [1.165, 1.54) is 0 Å². The Hall–Kier alpha value is -1.50. The Bertz CT molecular complexity index is 534. The standard InChI is InChI=1S/C14H16BrN3O2/c1-19-5-4-16-7-11-2-3-14(18-8-11)20-13-6-12(15)9-17-10-13/h2-3,6,8-10,16H,4-5,7H2,1H3. The molecule has 1 N–H and O–H groups in total. The van der Waals surface area contributed by atoms with Crippen LogP contribution in [0.4, 0.5) is 0 Å². The molecule has 0 spiro atoms. The number of hydrogen-bond donors (Lipinski definition) is 1. The third-order valence-corrected chi connectivity index (χ3v) is 2.95. The molecule has 2 rings (SSSR count). The molecular weight excluding hydrogens is 322 g/mol. The Morgan fingerprint density at radius 2 is 2.15 bits per heavy atom. The molecule has 2 aromatic heterocycles. The fourth-order valence-electron chi connectivity index (χ4n) is 1.55. The summed E-state index contributed by atoms with van der Waals surface area (Å²) in [5.41, 5.74) is 1.10. The SMILES string of the molecule is COCCNCc1ccc(Oc2cncc(Br)c2)nc1. The van der Waals surface area contributed by atoms with Gasteiger partial charge in [-0.15, -0.1) is 0 Å². The number of nitrogens with zero attached hydrogens (tertiary/aromatic N) is 2. The number of hydrogen-bond acceptors (Lipinski definition) is 5. The highest BCUT2D eigenvalue weighted by Gasteiger charge is 2.00. The van der Waals surface area contributed by atoms with Crippen LogP contribution < -0.4 is 10.1 Å². The highest BCUT2D eigenvalue weighted by molar-refractivity contribution is 9.10. The van der Waals surface area contributed by atoms with Crippen LogP contribution in [0.15, 0.2) is 41.3 Å². The zero-order valence-corrected chi connectivity index (χ0v) is 12.8. The molecule has 0 amide bonds. The van der Waals surface area contributed by atoms with E-state index in [9.17, 15) is 0 Å². The maximum absolute atomic E-state index is 5.61. The van der Waals surface area contributed by atoms with Gasteiger partial charge in [0.15, 0.2) is 0 Å². The summed E-state index contributed by atoms with van der Waals surface area (Å²) in [5.74, 6) is 1.20. The molecule has 0 aliphatic rings. The summed E-state index contributed by atoms with van der Waals surface area (Å²) in [5, 5.41) is 3.26. The normalized spacial score (nSPS) is 10.5. The largest absolute Gasteiger partial charge is 0.437 e. The molecule has 0 saturated carbocycles. The zero-order chi connectivity index (χ0) is 14.2. The lowest BCUT2D eigenvalue weighted by Gasteiger charge is -2.06. The molecule has 5 nitrogen and oxygen atoms in total. The maximum Gasteiger partial charge on any atom is 0.219 e. The number of rotatable bonds is 7. The van der Waals surface area contributed by atoms with Gasteiger partial charge < -0.3 is 14.8 Å². The van der Waals surface area contributed by atoms with E-state index in [-0.39, 0.29) is 0 Å². The van der Waals surface area contributed by atoms with Crippen molar-refractivity contribution >= 4 is 15.9 Å². The second-order valence-corrected chi connectivity index (χ2v) is 5.03. The third-order valence-electron chi connectivity index (χ3n) is 2.51. The Morgan fingerprint density at radius 3 is 2.85 bits per heavy atom. The van der Waals surface area contributed by atoms with Crippen molar-refractivity contribution in [3.63, 3.8) is 0 Å². The van der Waals surface area contributed by atoms with Gasteiger partial charge in [-0.05, 0) is 27.6 Å². The lowest BCUT2D eigenvalue weighted by Crippen LogP contribution is -2.18. The van der Waals surface area contributed by atoms with Crippen LogP contribution in [0, 0.1) is 0 Å². The molecule has 0 aliphatic carbocycles. The number of halogens is 1. The van der Waals surface area contributed by atoms with E-state index in [0.29, 0.717) is 18.2 Å². The molecule has 0 aromatic carbocycles. The number of ether oxygens (including phenoxy) is 2. The lowest BCUT2D eigenvalue weighted by atomic mass is 10.3. The summed E-state index contributed by atoms with van der Waals surface area (Å²) in [4.78, 5) is 8.30. The Labute approximate surface area is 126 Å². The fourth-order valence-corrected chi connectivity index (χ4v) is 1.90. The van der Waals surface area contributed by atoms with Crippen LogP contribution in [0.5, 0.6) is 11.6 Å². The van der Waals surface area contributed by atoms with Gasteiger partial charge in [-0.2, -0.15) is 0 Å². The van der Waals surface area contributed by atoms with Crippen LogP contribution in [0.3, 0.4) is 0 Å². The first-order chi connectivity index (χ1) is 9.78. The second kappa shape index (κ2) is 7.94. The van der Waals surface area contributed by atoms with E-state index >= 15 is 0 Å². The van der Waals surface area contributed by atoms with Gasteiger partial charge in [0.1, 0.15) is 5.75 Å². The van der Waals surface area contributed by atoms with E-state index in [0.717, 1.165) is 23.1 Å². The van der Waals surface area contributed by atoms with Crippen LogP contribution >= 0.6 is 15.9 Å². The van der Waals surface area contributed by atoms with Crippen molar-refractivity contribution in [3.05, 3.63) is 46.8 Å². The first-order valence-corrected chi connectivity index (χ1v) is 7.00. The molecule has 2 aromatic rings. The van der Waals surface area contributed by atoms with Crippen molar-refractivity contribution in [2.75, 3.05) is 20.3 Å². The van der Waals surface area contributed by atoms with E-state index < -0.39 is 0 Å². The second-order valence-electron chi connectivity index (χ2n) is 4.12. The molecule has 106 valence electrons. The zero-order valence-electron chi connectivity index (χ0n) is 11.2. The van der Waals surface area contributed by atoms with Crippen LogP contribution in [0.2, 0.25) is 0 Å². The van der Waals surface area contributed by atoms with E-state index in [2.05, 4.69) is 31.2 Å². The van der Waals surface area contributed by atoms with Crippen molar-refractivity contribution in [3.8, 4) is 11.6 Å². The fraction of sp³-hybridized carbons (Fsp3) is 0.286. The molecule has 0 unspecified atom stereocenters. The Morgan fingerprint density at radius 1 is 1.25 bits per heavy atom. The van der Waals surface area contributed by atoms with Crippen molar-refractivity contribution in [1.82, 2.24) is 15.3 Å². The molecule has 0 bridgehead atoms. The quantitative estimate of drug-likeness (QED) is 0.787. The summed E-state index contributed by atoms with van der Waals surface area (Å²) in [7, 11) is 1.69. The van der Waals surface area contributed by atoms with Crippen molar-refractivity contribution in [2.24, 2.45) is 0 Å².